The van der Waals surface area contributed by atoms with Gasteiger partial charge in [-0.3, -0.25) is 13.9 Å². The van der Waals surface area contributed by atoms with Crippen LogP contribution in [0.2, 0.25) is 5.02 Å². The van der Waals surface area contributed by atoms with Crippen molar-refractivity contribution in [2.24, 2.45) is 0 Å². The topological polar surface area (TPSA) is 95.6 Å². The summed E-state index contributed by atoms with van der Waals surface area (Å²) in [6, 6.07) is 27.7. The first-order valence-electron chi connectivity index (χ1n) is 12.7. The van der Waals surface area contributed by atoms with Crippen LogP contribution in [0.15, 0.2) is 102 Å². The maximum absolute atomic E-state index is 13.7. The summed E-state index contributed by atoms with van der Waals surface area (Å²) in [7, 11) is -4.13. The maximum atomic E-state index is 13.7. The van der Waals surface area contributed by atoms with Gasteiger partial charge in [-0.1, -0.05) is 77.8 Å². The van der Waals surface area contributed by atoms with Crippen LogP contribution in [-0.4, -0.2) is 33.3 Å². The molecule has 0 heterocycles. The number of anilines is 2. The Morgan fingerprint density at radius 2 is 1.52 bits per heavy atom. The molecule has 0 spiro atoms. The van der Waals surface area contributed by atoms with E-state index in [9.17, 15) is 18.0 Å². The second-order valence-corrected chi connectivity index (χ2v) is 11.6. The van der Waals surface area contributed by atoms with Crippen LogP contribution in [0.1, 0.15) is 27.0 Å². The van der Waals surface area contributed by atoms with Crippen molar-refractivity contribution < 1.29 is 18.0 Å². The number of amides is 2. The molecule has 0 aliphatic carbocycles. The minimum Gasteiger partial charge on any atom is -0.352 e. The molecule has 0 saturated heterocycles. The normalized spacial score (nSPS) is 11.1. The second-order valence-electron chi connectivity index (χ2n) is 9.34. The number of aryl methyl sites for hydroxylation is 2. The molecule has 0 bridgehead atoms. The molecular formula is C31H30ClN3O4S. The molecule has 0 fully saturated rings. The van der Waals surface area contributed by atoms with E-state index in [2.05, 4.69) is 10.6 Å². The van der Waals surface area contributed by atoms with Crippen LogP contribution in [0.4, 0.5) is 11.4 Å². The molecule has 2 amide bonds. The summed E-state index contributed by atoms with van der Waals surface area (Å²) < 4.78 is 28.5. The van der Waals surface area contributed by atoms with Crippen molar-refractivity contribution >= 4 is 44.8 Å². The predicted octanol–water partition coefficient (Wildman–Crippen LogP) is 5.76. The van der Waals surface area contributed by atoms with Crippen LogP contribution in [0.25, 0.3) is 0 Å². The van der Waals surface area contributed by atoms with Crippen molar-refractivity contribution in [1.29, 1.82) is 0 Å². The Kier molecular flexibility index (Phi) is 9.24. The van der Waals surface area contributed by atoms with Gasteiger partial charge in [0.05, 0.1) is 21.8 Å². The molecule has 40 heavy (non-hydrogen) atoms. The zero-order valence-electron chi connectivity index (χ0n) is 22.2. The van der Waals surface area contributed by atoms with Crippen LogP contribution in [-0.2, 0) is 21.2 Å². The van der Waals surface area contributed by atoms with E-state index in [1.165, 1.54) is 18.2 Å². The van der Waals surface area contributed by atoms with E-state index in [0.717, 1.165) is 15.4 Å². The van der Waals surface area contributed by atoms with Gasteiger partial charge in [-0.15, -0.1) is 0 Å². The van der Waals surface area contributed by atoms with Gasteiger partial charge in [-0.2, -0.15) is 0 Å². The van der Waals surface area contributed by atoms with Crippen molar-refractivity contribution in [2.45, 2.75) is 25.2 Å². The number of carbonyl (C=O) groups excluding carboxylic acids is 2. The number of rotatable bonds is 10. The monoisotopic (exact) mass is 575 g/mol. The minimum absolute atomic E-state index is 0.0449. The van der Waals surface area contributed by atoms with Crippen molar-refractivity contribution in [2.75, 3.05) is 22.7 Å². The molecule has 0 unspecified atom stereocenters. The smallest absolute Gasteiger partial charge is 0.264 e. The second kappa shape index (κ2) is 12.8. The molecule has 0 aliphatic heterocycles. The highest BCUT2D eigenvalue weighted by Gasteiger charge is 2.29. The highest BCUT2D eigenvalue weighted by atomic mass is 35.5. The van der Waals surface area contributed by atoms with Gasteiger partial charge in [0, 0.05) is 11.6 Å². The highest BCUT2D eigenvalue weighted by Crippen LogP contribution is 2.30. The van der Waals surface area contributed by atoms with Crippen LogP contribution < -0.4 is 14.9 Å². The summed E-state index contributed by atoms with van der Waals surface area (Å²) in [5, 5.41) is 5.94. The molecule has 4 aromatic rings. The van der Waals surface area contributed by atoms with E-state index in [1.807, 2.05) is 37.3 Å². The Labute approximate surface area is 239 Å². The van der Waals surface area contributed by atoms with Crippen LogP contribution in [0, 0.1) is 13.8 Å². The summed E-state index contributed by atoms with van der Waals surface area (Å²) in [5.41, 5.74) is 3.47. The molecule has 7 nitrogen and oxygen atoms in total. The lowest BCUT2D eigenvalue weighted by Crippen LogP contribution is -2.39. The Bertz CT molecular complexity index is 1610. The summed E-state index contributed by atoms with van der Waals surface area (Å²) in [5.74, 6) is -0.957. The van der Waals surface area contributed by atoms with E-state index in [4.69, 9.17) is 11.6 Å². The lowest BCUT2D eigenvalue weighted by atomic mass is 10.1. The van der Waals surface area contributed by atoms with Gasteiger partial charge in [-0.25, -0.2) is 8.42 Å². The maximum Gasteiger partial charge on any atom is 0.264 e. The third-order valence-electron chi connectivity index (χ3n) is 6.32. The summed E-state index contributed by atoms with van der Waals surface area (Å²) in [4.78, 5) is 26.3. The van der Waals surface area contributed by atoms with Crippen molar-refractivity contribution in [3.63, 3.8) is 0 Å². The molecule has 0 radical (unpaired) electrons. The fraction of sp³-hybridized carbons (Fsp3) is 0.161. The molecule has 4 aromatic carbocycles. The van der Waals surface area contributed by atoms with E-state index in [-0.39, 0.29) is 27.7 Å². The number of nitrogens with zero attached hydrogens (tertiary/aromatic N) is 1. The van der Waals surface area contributed by atoms with E-state index < -0.39 is 22.5 Å². The molecule has 0 saturated carbocycles. The number of para-hydroxylation sites is 1. The van der Waals surface area contributed by atoms with Gasteiger partial charge < -0.3 is 10.6 Å². The van der Waals surface area contributed by atoms with Crippen molar-refractivity contribution in [3.05, 3.63) is 124 Å². The first-order chi connectivity index (χ1) is 19.1. The Morgan fingerprint density at radius 3 is 2.25 bits per heavy atom. The zero-order valence-corrected chi connectivity index (χ0v) is 23.8. The number of nitrogens with one attached hydrogen (secondary N) is 2. The number of carbonyl (C=O) groups is 2. The Balaban J connectivity index is 1.55. The fourth-order valence-electron chi connectivity index (χ4n) is 4.16. The molecule has 4 rings (SSSR count). The van der Waals surface area contributed by atoms with E-state index >= 15 is 0 Å². The van der Waals surface area contributed by atoms with Crippen LogP contribution in [0.3, 0.4) is 0 Å². The number of benzene rings is 4. The average molecular weight is 576 g/mol. The molecule has 0 aromatic heterocycles. The number of hydrogen-bond donors (Lipinski definition) is 2. The Hall–Kier alpha value is -4.14. The first kappa shape index (κ1) is 28.9. The van der Waals surface area contributed by atoms with Gasteiger partial charge in [0.1, 0.15) is 6.54 Å². The number of halogens is 1. The fourth-order valence-corrected chi connectivity index (χ4v) is 5.80. The molecule has 0 atom stereocenters. The standard InChI is InChI=1S/C31H30ClN3O4S/c1-22-12-16-26(17-13-22)40(38,39)35(29-20-25(32)15-14-23(29)2)21-30(36)34-28-11-7-6-10-27(28)31(37)33-19-18-24-8-4-3-5-9-24/h3-17,20H,18-19,21H2,1-2H3,(H,33,37)(H,34,36). The van der Waals surface area contributed by atoms with Gasteiger partial charge in [0.2, 0.25) is 5.91 Å². The molecule has 2 N–H and O–H groups in total. The predicted molar refractivity (Wildman–Crippen MR) is 159 cm³/mol. The summed E-state index contributed by atoms with van der Waals surface area (Å²) >= 11 is 6.21. The quantitative estimate of drug-likeness (QED) is 0.251. The third kappa shape index (κ3) is 7.08. The van der Waals surface area contributed by atoms with E-state index in [0.29, 0.717) is 23.6 Å². The molecule has 206 valence electrons. The van der Waals surface area contributed by atoms with Crippen molar-refractivity contribution in [3.8, 4) is 0 Å². The Morgan fingerprint density at radius 1 is 0.850 bits per heavy atom. The first-order valence-corrected chi connectivity index (χ1v) is 14.5. The van der Waals surface area contributed by atoms with Gasteiger partial charge in [0.25, 0.3) is 15.9 Å². The number of hydrogen-bond acceptors (Lipinski definition) is 4. The minimum atomic E-state index is -4.13. The third-order valence-corrected chi connectivity index (χ3v) is 8.33. The van der Waals surface area contributed by atoms with Crippen molar-refractivity contribution in [1.82, 2.24) is 5.32 Å². The zero-order chi connectivity index (χ0) is 28.7. The van der Waals surface area contributed by atoms with E-state index in [1.54, 1.807) is 55.5 Å². The lowest BCUT2D eigenvalue weighted by molar-refractivity contribution is -0.114. The van der Waals surface area contributed by atoms with Gasteiger partial charge in [0.15, 0.2) is 0 Å². The lowest BCUT2D eigenvalue weighted by Gasteiger charge is -2.26. The molecule has 0 aliphatic rings. The average Bonchev–Trinajstić information content (AvgIpc) is 2.94. The van der Waals surface area contributed by atoms with Crippen LogP contribution >= 0.6 is 11.6 Å². The molecular weight excluding hydrogens is 546 g/mol. The summed E-state index contributed by atoms with van der Waals surface area (Å²) in [6.45, 7) is 3.50. The van der Waals surface area contributed by atoms with Gasteiger partial charge in [-0.05, 0) is 67.8 Å². The number of sulfonamides is 1. The van der Waals surface area contributed by atoms with Gasteiger partial charge >= 0.3 is 0 Å². The van der Waals surface area contributed by atoms with Crippen LogP contribution in [0.5, 0.6) is 0 Å². The highest BCUT2D eigenvalue weighted by molar-refractivity contribution is 7.92. The molecule has 9 heteroatoms. The largest absolute Gasteiger partial charge is 0.352 e. The summed E-state index contributed by atoms with van der Waals surface area (Å²) in [6.07, 6.45) is 0.659. The SMILES string of the molecule is Cc1ccc(S(=O)(=O)N(CC(=O)Nc2ccccc2C(=O)NCCc2ccccc2)c2cc(Cl)ccc2C)cc1.